The van der Waals surface area contributed by atoms with Crippen molar-refractivity contribution in [2.75, 3.05) is 0 Å². The lowest BCUT2D eigenvalue weighted by Gasteiger charge is -2.00. The molecule has 2 aromatic heterocycles. The van der Waals surface area contributed by atoms with Crippen LogP contribution in [0.5, 0.6) is 0 Å². The van der Waals surface area contributed by atoms with E-state index in [1.165, 1.54) is 11.8 Å². The van der Waals surface area contributed by atoms with E-state index in [9.17, 15) is 0 Å². The fraction of sp³-hybridized carbons (Fsp3) is 0.308. The molecule has 9 heteroatoms. The number of nitrogens with one attached hydrogen (secondary N) is 1. The first-order valence-corrected chi connectivity index (χ1v) is 8.19. The molecule has 0 atom stereocenters. The number of nitrogens with zero attached hydrogens (tertiary/aromatic N) is 6. The fourth-order valence-corrected chi connectivity index (χ4v) is 2.75. The summed E-state index contributed by atoms with van der Waals surface area (Å²) in [5.41, 5.74) is 0.944. The van der Waals surface area contributed by atoms with Crippen LogP contribution in [0.4, 0.5) is 0 Å². The molecule has 0 spiro atoms. The Balaban J connectivity index is 1.67. The summed E-state index contributed by atoms with van der Waals surface area (Å²) >= 11 is 7.37. The molecule has 0 fully saturated rings. The predicted molar refractivity (Wildman–Crippen MR) is 84.5 cm³/mol. The first-order valence-electron chi connectivity index (χ1n) is 6.82. The minimum Gasteiger partial charge on any atom is -0.258 e. The van der Waals surface area contributed by atoms with Crippen LogP contribution in [0.3, 0.4) is 0 Å². The van der Waals surface area contributed by atoms with Gasteiger partial charge in [0.25, 0.3) is 0 Å². The summed E-state index contributed by atoms with van der Waals surface area (Å²) in [7, 11) is 0. The lowest BCUT2D eigenvalue weighted by Crippen LogP contribution is -2.04. The third-order valence-electron chi connectivity index (χ3n) is 2.95. The fourth-order valence-electron chi connectivity index (χ4n) is 1.89. The second-order valence-corrected chi connectivity index (χ2v) is 5.96. The van der Waals surface area contributed by atoms with Gasteiger partial charge in [0.2, 0.25) is 5.16 Å². The van der Waals surface area contributed by atoms with Crippen molar-refractivity contribution in [1.29, 1.82) is 0 Å². The lowest BCUT2D eigenvalue weighted by molar-refractivity contribution is 0.564. The summed E-state index contributed by atoms with van der Waals surface area (Å²) in [6.45, 7) is 2.90. The quantitative estimate of drug-likeness (QED) is 0.697. The highest BCUT2D eigenvalue weighted by Gasteiger charge is 2.10. The van der Waals surface area contributed by atoms with Crippen LogP contribution in [0, 0.1) is 0 Å². The van der Waals surface area contributed by atoms with Gasteiger partial charge in [-0.15, -0.1) is 10.2 Å². The Morgan fingerprint density at radius 2 is 2.09 bits per heavy atom. The molecule has 2 heterocycles. The SMILES string of the molecule is CCCn1nnnc1CSc1n[nH]c(-c2ccc(Cl)cc2)n1. The van der Waals surface area contributed by atoms with Crippen molar-refractivity contribution in [2.45, 2.75) is 30.8 Å². The van der Waals surface area contributed by atoms with E-state index in [0.29, 0.717) is 21.8 Å². The Morgan fingerprint density at radius 1 is 1.27 bits per heavy atom. The molecule has 0 unspecified atom stereocenters. The van der Waals surface area contributed by atoms with Gasteiger partial charge >= 0.3 is 0 Å². The van der Waals surface area contributed by atoms with E-state index in [1.807, 2.05) is 24.3 Å². The summed E-state index contributed by atoms with van der Waals surface area (Å²) in [4.78, 5) is 4.46. The van der Waals surface area contributed by atoms with Crippen molar-refractivity contribution < 1.29 is 0 Å². The third kappa shape index (κ3) is 3.45. The molecular weight excluding hydrogens is 322 g/mol. The highest BCUT2D eigenvalue weighted by Crippen LogP contribution is 2.22. The van der Waals surface area contributed by atoms with E-state index in [0.717, 1.165) is 24.4 Å². The minimum atomic E-state index is 0.630. The van der Waals surface area contributed by atoms with E-state index in [2.05, 4.69) is 37.6 Å². The second-order valence-electron chi connectivity index (χ2n) is 4.58. The Bertz CT molecular complexity index is 737. The van der Waals surface area contributed by atoms with E-state index in [1.54, 1.807) is 4.68 Å². The van der Waals surface area contributed by atoms with Gasteiger partial charge in [0.15, 0.2) is 11.6 Å². The van der Waals surface area contributed by atoms with Crippen molar-refractivity contribution in [3.63, 3.8) is 0 Å². The van der Waals surface area contributed by atoms with Gasteiger partial charge in [-0.25, -0.2) is 9.67 Å². The largest absolute Gasteiger partial charge is 0.258 e. The van der Waals surface area contributed by atoms with Gasteiger partial charge in [-0.1, -0.05) is 30.3 Å². The van der Waals surface area contributed by atoms with Gasteiger partial charge in [0.1, 0.15) is 0 Å². The van der Waals surface area contributed by atoms with Crippen LogP contribution < -0.4 is 0 Å². The molecule has 0 radical (unpaired) electrons. The standard InChI is InChI=1S/C13H14ClN7S/c1-2-7-21-11(16-19-20-21)8-22-13-15-12(17-18-13)9-3-5-10(14)6-4-9/h3-6H,2,7-8H2,1H3,(H,15,17,18). The molecule has 0 amide bonds. The first kappa shape index (κ1) is 15.0. The van der Waals surface area contributed by atoms with Crippen molar-refractivity contribution >= 4 is 23.4 Å². The van der Waals surface area contributed by atoms with Gasteiger partial charge in [-0.2, -0.15) is 0 Å². The van der Waals surface area contributed by atoms with Crippen molar-refractivity contribution in [3.05, 3.63) is 35.1 Å². The smallest absolute Gasteiger partial charge is 0.209 e. The van der Waals surface area contributed by atoms with Gasteiger partial charge in [-0.3, -0.25) is 5.10 Å². The van der Waals surface area contributed by atoms with E-state index >= 15 is 0 Å². The number of hydrogen-bond acceptors (Lipinski definition) is 6. The average Bonchev–Trinajstić information content (AvgIpc) is 3.16. The molecule has 1 N–H and O–H groups in total. The number of aryl methyl sites for hydroxylation is 1. The number of H-pyrrole nitrogens is 1. The van der Waals surface area contributed by atoms with E-state index < -0.39 is 0 Å². The minimum absolute atomic E-state index is 0.630. The maximum Gasteiger partial charge on any atom is 0.209 e. The van der Waals surface area contributed by atoms with Gasteiger partial charge in [0, 0.05) is 17.1 Å². The molecule has 114 valence electrons. The van der Waals surface area contributed by atoms with Gasteiger partial charge in [-0.05, 0) is 41.1 Å². The third-order valence-corrected chi connectivity index (χ3v) is 4.05. The molecule has 0 aliphatic rings. The van der Waals surface area contributed by atoms with E-state index in [-0.39, 0.29) is 0 Å². The normalized spacial score (nSPS) is 11.0. The maximum absolute atomic E-state index is 5.88. The Labute approximate surface area is 136 Å². The molecule has 3 aromatic rings. The summed E-state index contributed by atoms with van der Waals surface area (Å²) in [6, 6.07) is 7.45. The molecule has 3 rings (SSSR count). The topological polar surface area (TPSA) is 85.2 Å². The van der Waals surface area contributed by atoms with Crippen LogP contribution in [-0.4, -0.2) is 35.4 Å². The van der Waals surface area contributed by atoms with Gasteiger partial charge < -0.3 is 0 Å². The molecule has 0 saturated carbocycles. The van der Waals surface area contributed by atoms with Crippen LogP contribution >= 0.6 is 23.4 Å². The maximum atomic E-state index is 5.88. The lowest BCUT2D eigenvalue weighted by atomic mass is 10.2. The monoisotopic (exact) mass is 335 g/mol. The van der Waals surface area contributed by atoms with Crippen molar-refractivity contribution in [1.82, 2.24) is 35.4 Å². The average molecular weight is 336 g/mol. The zero-order valence-corrected chi connectivity index (χ0v) is 13.5. The van der Waals surface area contributed by atoms with Crippen LogP contribution in [0.15, 0.2) is 29.4 Å². The number of aromatic nitrogens is 7. The molecule has 0 aliphatic carbocycles. The molecule has 0 bridgehead atoms. The molecule has 0 saturated heterocycles. The van der Waals surface area contributed by atoms with Crippen LogP contribution in [-0.2, 0) is 12.3 Å². The number of aromatic amines is 1. The zero-order valence-electron chi connectivity index (χ0n) is 11.9. The number of hydrogen-bond donors (Lipinski definition) is 1. The zero-order chi connectivity index (χ0) is 15.4. The highest BCUT2D eigenvalue weighted by atomic mass is 35.5. The number of rotatable bonds is 6. The molecule has 1 aromatic carbocycles. The number of thioether (sulfide) groups is 1. The summed E-state index contributed by atoms with van der Waals surface area (Å²) in [6.07, 6.45) is 0.990. The number of benzene rings is 1. The van der Waals surface area contributed by atoms with Gasteiger partial charge in [0.05, 0.1) is 5.75 Å². The van der Waals surface area contributed by atoms with Crippen LogP contribution in [0.2, 0.25) is 5.02 Å². The first-order chi connectivity index (χ1) is 10.8. The van der Waals surface area contributed by atoms with Crippen LogP contribution in [0.25, 0.3) is 11.4 Å². The predicted octanol–water partition coefficient (Wildman–Crippen LogP) is 2.81. The Hall–Kier alpha value is -1.93. The molecule has 22 heavy (non-hydrogen) atoms. The Kier molecular flexibility index (Phi) is 4.69. The summed E-state index contributed by atoms with van der Waals surface area (Å²) in [5, 5.41) is 20.2. The van der Waals surface area contributed by atoms with Crippen molar-refractivity contribution in [2.24, 2.45) is 0 Å². The molecular formula is C13H14ClN7S. The number of halogens is 1. The summed E-state index contributed by atoms with van der Waals surface area (Å²) in [5.74, 6) is 2.17. The second kappa shape index (κ2) is 6.89. The summed E-state index contributed by atoms with van der Waals surface area (Å²) < 4.78 is 1.81. The van der Waals surface area contributed by atoms with Crippen LogP contribution in [0.1, 0.15) is 19.2 Å². The van der Waals surface area contributed by atoms with Crippen molar-refractivity contribution in [3.8, 4) is 11.4 Å². The van der Waals surface area contributed by atoms with E-state index in [4.69, 9.17) is 11.6 Å². The molecule has 0 aliphatic heterocycles. The number of tetrazole rings is 1. The Morgan fingerprint density at radius 3 is 2.86 bits per heavy atom. The molecule has 7 nitrogen and oxygen atoms in total. The highest BCUT2D eigenvalue weighted by molar-refractivity contribution is 7.98.